The van der Waals surface area contributed by atoms with Crippen molar-refractivity contribution in [3.8, 4) is 11.5 Å². The minimum absolute atomic E-state index is 0.0409. The molecule has 1 aromatic carbocycles. The van der Waals surface area contributed by atoms with Crippen LogP contribution in [-0.4, -0.2) is 36.9 Å². The summed E-state index contributed by atoms with van der Waals surface area (Å²) < 4.78 is 1.33. The standard InChI is InChI=1S/C12H13N5O4/c1-17-11(9(5-14-17)10(13)16-21)15-12(20)6-2-7(18)4-8(19)3-6/h2-5,18-19,21H,1H3,(H2,13,16)(H,15,20). The fraction of sp³-hybridized carbons (Fsp3) is 0.0833. The molecule has 0 atom stereocenters. The van der Waals surface area contributed by atoms with Gasteiger partial charge in [0.15, 0.2) is 5.84 Å². The number of nitrogens with zero attached hydrogens (tertiary/aromatic N) is 3. The van der Waals surface area contributed by atoms with Gasteiger partial charge in [-0.05, 0) is 12.1 Å². The van der Waals surface area contributed by atoms with Crippen LogP contribution in [0.1, 0.15) is 15.9 Å². The molecule has 0 spiro atoms. The number of phenols is 2. The second kappa shape index (κ2) is 5.41. The van der Waals surface area contributed by atoms with Gasteiger partial charge >= 0.3 is 0 Å². The van der Waals surface area contributed by atoms with Crippen molar-refractivity contribution in [1.82, 2.24) is 9.78 Å². The Balaban J connectivity index is 2.34. The van der Waals surface area contributed by atoms with E-state index < -0.39 is 5.91 Å². The van der Waals surface area contributed by atoms with Crippen molar-refractivity contribution in [2.24, 2.45) is 17.9 Å². The molecular formula is C12H13N5O4. The molecule has 21 heavy (non-hydrogen) atoms. The number of amides is 1. The van der Waals surface area contributed by atoms with Gasteiger partial charge in [-0.1, -0.05) is 5.16 Å². The molecule has 2 aromatic rings. The van der Waals surface area contributed by atoms with E-state index in [0.717, 1.165) is 6.07 Å². The maximum Gasteiger partial charge on any atom is 0.257 e. The third-order valence-electron chi connectivity index (χ3n) is 2.72. The molecule has 0 unspecified atom stereocenters. The number of nitrogens with one attached hydrogen (secondary N) is 1. The Morgan fingerprint density at radius 2 is 1.95 bits per heavy atom. The summed E-state index contributed by atoms with van der Waals surface area (Å²) in [5, 5.41) is 36.7. The Morgan fingerprint density at radius 1 is 1.33 bits per heavy atom. The maximum atomic E-state index is 12.1. The van der Waals surface area contributed by atoms with Crippen molar-refractivity contribution >= 4 is 17.6 Å². The summed E-state index contributed by atoms with van der Waals surface area (Å²) in [6.07, 6.45) is 1.32. The summed E-state index contributed by atoms with van der Waals surface area (Å²) in [5.41, 5.74) is 5.76. The predicted molar refractivity (Wildman–Crippen MR) is 73.4 cm³/mol. The molecule has 0 aliphatic rings. The molecule has 0 radical (unpaired) electrons. The molecule has 1 heterocycles. The van der Waals surface area contributed by atoms with Crippen molar-refractivity contribution in [3.05, 3.63) is 35.5 Å². The second-order valence-electron chi connectivity index (χ2n) is 4.21. The average Bonchev–Trinajstić information content (AvgIpc) is 2.78. The van der Waals surface area contributed by atoms with E-state index in [0.29, 0.717) is 0 Å². The molecule has 0 fully saturated rings. The number of oxime groups is 1. The van der Waals surface area contributed by atoms with E-state index in [2.05, 4.69) is 15.6 Å². The first-order valence-electron chi connectivity index (χ1n) is 5.76. The molecule has 9 heteroatoms. The zero-order valence-corrected chi connectivity index (χ0v) is 11.0. The van der Waals surface area contributed by atoms with Crippen molar-refractivity contribution in [2.75, 3.05) is 5.32 Å². The largest absolute Gasteiger partial charge is 0.508 e. The van der Waals surface area contributed by atoms with Gasteiger partial charge in [-0.3, -0.25) is 9.48 Å². The number of aromatic nitrogens is 2. The van der Waals surface area contributed by atoms with Crippen molar-refractivity contribution < 1.29 is 20.2 Å². The number of phenolic OH excluding ortho intramolecular Hbond substituents is 2. The summed E-state index contributed by atoms with van der Waals surface area (Å²) in [6.45, 7) is 0. The normalized spacial score (nSPS) is 11.4. The van der Waals surface area contributed by atoms with Crippen LogP contribution in [0.2, 0.25) is 0 Å². The average molecular weight is 291 g/mol. The van der Waals surface area contributed by atoms with Crippen LogP contribution in [0.3, 0.4) is 0 Å². The molecule has 0 saturated heterocycles. The van der Waals surface area contributed by atoms with Crippen LogP contribution < -0.4 is 11.1 Å². The lowest BCUT2D eigenvalue weighted by Gasteiger charge is -2.08. The predicted octanol–water partition coefficient (Wildman–Crippen LogP) is 0.178. The number of rotatable bonds is 3. The third kappa shape index (κ3) is 2.86. The molecule has 1 aromatic heterocycles. The Labute approximate surface area is 118 Å². The zero-order valence-electron chi connectivity index (χ0n) is 11.0. The van der Waals surface area contributed by atoms with Gasteiger partial charge in [0.1, 0.15) is 17.3 Å². The molecule has 110 valence electrons. The summed E-state index contributed by atoms with van der Waals surface area (Å²) in [5.74, 6) is -1.10. The van der Waals surface area contributed by atoms with Gasteiger partial charge in [0, 0.05) is 18.7 Å². The topological polar surface area (TPSA) is 146 Å². The van der Waals surface area contributed by atoms with Crippen LogP contribution >= 0.6 is 0 Å². The van der Waals surface area contributed by atoms with Crippen LogP contribution in [-0.2, 0) is 7.05 Å². The smallest absolute Gasteiger partial charge is 0.257 e. The van der Waals surface area contributed by atoms with Crippen LogP contribution in [0.25, 0.3) is 0 Å². The van der Waals surface area contributed by atoms with Gasteiger partial charge in [0.2, 0.25) is 0 Å². The Kier molecular flexibility index (Phi) is 3.65. The monoisotopic (exact) mass is 291 g/mol. The Morgan fingerprint density at radius 3 is 2.52 bits per heavy atom. The summed E-state index contributed by atoms with van der Waals surface area (Å²) in [6, 6.07) is 3.48. The highest BCUT2D eigenvalue weighted by atomic mass is 16.4. The third-order valence-corrected chi connectivity index (χ3v) is 2.72. The molecule has 0 saturated carbocycles. The lowest BCUT2D eigenvalue weighted by molar-refractivity contribution is 0.102. The van der Waals surface area contributed by atoms with E-state index in [-0.39, 0.29) is 34.3 Å². The number of carbonyl (C=O) groups excluding carboxylic acids is 1. The first kappa shape index (κ1) is 14.2. The summed E-state index contributed by atoms with van der Waals surface area (Å²) in [4.78, 5) is 12.1. The zero-order chi connectivity index (χ0) is 15.6. The van der Waals surface area contributed by atoms with Crippen molar-refractivity contribution in [2.45, 2.75) is 0 Å². The van der Waals surface area contributed by atoms with Crippen LogP contribution in [0, 0.1) is 0 Å². The minimum atomic E-state index is -0.600. The number of amidine groups is 1. The number of hydrogen-bond acceptors (Lipinski definition) is 6. The van der Waals surface area contributed by atoms with Crippen LogP contribution in [0.4, 0.5) is 5.82 Å². The highest BCUT2D eigenvalue weighted by molar-refractivity contribution is 6.09. The van der Waals surface area contributed by atoms with Crippen LogP contribution in [0.15, 0.2) is 29.6 Å². The fourth-order valence-electron chi connectivity index (χ4n) is 1.73. The fourth-order valence-corrected chi connectivity index (χ4v) is 1.73. The molecule has 1 amide bonds. The molecule has 0 bridgehead atoms. The van der Waals surface area contributed by atoms with E-state index >= 15 is 0 Å². The van der Waals surface area contributed by atoms with Gasteiger partial charge in [0.25, 0.3) is 5.91 Å². The first-order chi connectivity index (χ1) is 9.92. The summed E-state index contributed by atoms with van der Waals surface area (Å²) >= 11 is 0. The number of hydrogen-bond donors (Lipinski definition) is 5. The van der Waals surface area contributed by atoms with E-state index in [1.165, 1.54) is 23.0 Å². The van der Waals surface area contributed by atoms with E-state index in [4.69, 9.17) is 10.9 Å². The molecule has 0 aliphatic carbocycles. The van der Waals surface area contributed by atoms with E-state index in [1.54, 1.807) is 7.05 Å². The van der Waals surface area contributed by atoms with E-state index in [9.17, 15) is 15.0 Å². The number of nitrogens with two attached hydrogens (primary N) is 1. The van der Waals surface area contributed by atoms with E-state index in [1.807, 2.05) is 0 Å². The summed E-state index contributed by atoms with van der Waals surface area (Å²) in [7, 11) is 1.56. The van der Waals surface area contributed by atoms with Gasteiger partial charge in [-0.25, -0.2) is 0 Å². The molecule has 2 rings (SSSR count). The molecule has 0 aliphatic heterocycles. The number of aromatic hydroxyl groups is 2. The lowest BCUT2D eigenvalue weighted by atomic mass is 10.2. The maximum absolute atomic E-state index is 12.1. The first-order valence-corrected chi connectivity index (χ1v) is 5.76. The number of aryl methyl sites for hydroxylation is 1. The molecule has 6 N–H and O–H groups in total. The number of benzene rings is 1. The number of carbonyl (C=O) groups is 1. The van der Waals surface area contributed by atoms with Gasteiger partial charge in [0.05, 0.1) is 11.8 Å². The lowest BCUT2D eigenvalue weighted by Crippen LogP contribution is -2.20. The van der Waals surface area contributed by atoms with Crippen molar-refractivity contribution in [1.29, 1.82) is 0 Å². The van der Waals surface area contributed by atoms with Crippen molar-refractivity contribution in [3.63, 3.8) is 0 Å². The highest BCUT2D eigenvalue weighted by Crippen LogP contribution is 2.22. The Hall–Kier alpha value is -3.23. The molecule has 9 nitrogen and oxygen atoms in total. The van der Waals surface area contributed by atoms with Gasteiger partial charge < -0.3 is 26.5 Å². The van der Waals surface area contributed by atoms with Gasteiger partial charge in [-0.15, -0.1) is 0 Å². The second-order valence-corrected chi connectivity index (χ2v) is 4.21. The minimum Gasteiger partial charge on any atom is -0.508 e. The number of anilines is 1. The van der Waals surface area contributed by atoms with Crippen LogP contribution in [0.5, 0.6) is 11.5 Å². The molecular weight excluding hydrogens is 278 g/mol. The Bertz CT molecular complexity index is 702. The SMILES string of the molecule is Cn1ncc(/C(N)=N/O)c1NC(=O)c1cc(O)cc(O)c1. The van der Waals surface area contributed by atoms with Gasteiger partial charge in [-0.2, -0.15) is 5.10 Å². The highest BCUT2D eigenvalue weighted by Gasteiger charge is 2.17. The quantitative estimate of drug-likeness (QED) is 0.236.